The van der Waals surface area contributed by atoms with E-state index in [1.54, 1.807) is 30.3 Å². The number of carbonyl (C=O) groups excluding carboxylic acids is 2. The molecule has 0 radical (unpaired) electrons. The van der Waals surface area contributed by atoms with Crippen LogP contribution in [0.4, 0.5) is 5.69 Å². The second-order valence-electron chi connectivity index (χ2n) is 6.88. The number of nitrogens with one attached hydrogen (secondary N) is 2. The number of carbonyl (C=O) groups is 2. The molecule has 158 valence electrons. The van der Waals surface area contributed by atoms with Crippen LogP contribution in [0.1, 0.15) is 46.9 Å². The van der Waals surface area contributed by atoms with Gasteiger partial charge in [0, 0.05) is 18.7 Å². The summed E-state index contributed by atoms with van der Waals surface area (Å²) in [5.74, 6) is 0.290. The molecule has 2 amide bonds. The van der Waals surface area contributed by atoms with Crippen molar-refractivity contribution in [2.24, 2.45) is 0 Å². The van der Waals surface area contributed by atoms with Crippen LogP contribution in [0.2, 0.25) is 0 Å². The number of para-hydroxylation sites is 1. The van der Waals surface area contributed by atoms with Crippen LogP contribution in [0, 0.1) is 0 Å². The zero-order chi connectivity index (χ0) is 21.5. The van der Waals surface area contributed by atoms with Crippen molar-refractivity contribution in [2.45, 2.75) is 26.2 Å². The van der Waals surface area contributed by atoms with Gasteiger partial charge >= 0.3 is 0 Å². The van der Waals surface area contributed by atoms with E-state index in [9.17, 15) is 9.59 Å². The van der Waals surface area contributed by atoms with E-state index in [1.165, 1.54) is 0 Å². The molecule has 30 heavy (non-hydrogen) atoms. The lowest BCUT2D eigenvalue weighted by Crippen LogP contribution is -2.37. The normalized spacial score (nSPS) is 13.5. The van der Waals surface area contributed by atoms with Crippen molar-refractivity contribution in [1.29, 1.82) is 0 Å². The summed E-state index contributed by atoms with van der Waals surface area (Å²) >= 11 is 8.71. The maximum absolute atomic E-state index is 12.9. The standard InChI is InChI=1S/C22H24BrN3O3S/c1-2-29-19-11-10-15(14-17(19)23)20(27)25-22(30)24-18-9-5-4-8-16(18)21(28)26-12-6-3-7-13-26/h4-5,8-11,14H,2-3,6-7,12-13H2,1H3,(H2,24,25,27,30). The second kappa shape index (κ2) is 10.5. The predicted molar refractivity (Wildman–Crippen MR) is 125 cm³/mol. The fraction of sp³-hybridized carbons (Fsp3) is 0.318. The Morgan fingerprint density at radius 3 is 2.57 bits per heavy atom. The molecule has 1 saturated heterocycles. The Kier molecular flexibility index (Phi) is 7.81. The number of likely N-dealkylation sites (tertiary alicyclic amines) is 1. The second-order valence-corrected chi connectivity index (χ2v) is 8.15. The van der Waals surface area contributed by atoms with Gasteiger partial charge in [-0.05, 0) is 84.7 Å². The molecule has 0 aromatic heterocycles. The molecule has 1 fully saturated rings. The van der Waals surface area contributed by atoms with E-state index in [4.69, 9.17) is 17.0 Å². The third kappa shape index (κ3) is 5.58. The van der Waals surface area contributed by atoms with Crippen LogP contribution >= 0.6 is 28.1 Å². The number of piperidine rings is 1. The van der Waals surface area contributed by atoms with E-state index in [0.717, 1.165) is 32.4 Å². The Morgan fingerprint density at radius 2 is 1.87 bits per heavy atom. The van der Waals surface area contributed by atoms with Crippen LogP contribution in [-0.2, 0) is 0 Å². The maximum atomic E-state index is 12.9. The molecule has 0 aliphatic carbocycles. The highest BCUT2D eigenvalue weighted by atomic mass is 79.9. The van der Waals surface area contributed by atoms with Gasteiger partial charge in [-0.25, -0.2) is 0 Å². The van der Waals surface area contributed by atoms with Gasteiger partial charge in [0.2, 0.25) is 0 Å². The molecule has 8 heteroatoms. The number of thiocarbonyl (C=S) groups is 1. The lowest BCUT2D eigenvalue weighted by atomic mass is 10.1. The van der Waals surface area contributed by atoms with Crippen LogP contribution in [0.15, 0.2) is 46.9 Å². The minimum atomic E-state index is -0.351. The molecule has 0 saturated carbocycles. The Labute approximate surface area is 190 Å². The molecule has 3 rings (SSSR count). The molecule has 1 heterocycles. The van der Waals surface area contributed by atoms with E-state index >= 15 is 0 Å². The summed E-state index contributed by atoms with van der Waals surface area (Å²) < 4.78 is 6.15. The van der Waals surface area contributed by atoms with Crippen molar-refractivity contribution in [3.05, 3.63) is 58.1 Å². The number of rotatable bonds is 5. The number of halogens is 1. The van der Waals surface area contributed by atoms with Crippen LogP contribution in [0.3, 0.4) is 0 Å². The first-order valence-corrected chi connectivity index (χ1v) is 11.1. The number of anilines is 1. The van der Waals surface area contributed by atoms with Crippen molar-refractivity contribution in [1.82, 2.24) is 10.2 Å². The third-order valence-electron chi connectivity index (χ3n) is 4.77. The largest absolute Gasteiger partial charge is 0.493 e. The first-order chi connectivity index (χ1) is 14.5. The minimum absolute atomic E-state index is 0.0256. The fourth-order valence-corrected chi connectivity index (χ4v) is 3.99. The lowest BCUT2D eigenvalue weighted by molar-refractivity contribution is 0.0725. The van der Waals surface area contributed by atoms with Crippen LogP contribution in [0.5, 0.6) is 5.75 Å². The molecule has 1 aliphatic heterocycles. The Balaban J connectivity index is 1.67. The van der Waals surface area contributed by atoms with Gasteiger partial charge in [0.05, 0.1) is 22.3 Å². The summed E-state index contributed by atoms with van der Waals surface area (Å²) in [6.45, 7) is 3.96. The number of hydrogen-bond donors (Lipinski definition) is 2. The average Bonchev–Trinajstić information content (AvgIpc) is 2.75. The monoisotopic (exact) mass is 489 g/mol. The van der Waals surface area contributed by atoms with E-state index in [-0.39, 0.29) is 16.9 Å². The molecule has 0 bridgehead atoms. The molecule has 2 aromatic rings. The lowest BCUT2D eigenvalue weighted by Gasteiger charge is -2.27. The Bertz CT molecular complexity index is 945. The molecule has 1 aliphatic rings. The predicted octanol–water partition coefficient (Wildman–Crippen LogP) is 4.60. The number of ether oxygens (including phenoxy) is 1. The van der Waals surface area contributed by atoms with Crippen molar-refractivity contribution in [3.8, 4) is 5.75 Å². The van der Waals surface area contributed by atoms with Gasteiger partial charge in [-0.2, -0.15) is 0 Å². The topological polar surface area (TPSA) is 70.7 Å². The molecule has 0 spiro atoms. The van der Waals surface area contributed by atoms with Gasteiger partial charge < -0.3 is 15.0 Å². The number of amides is 2. The highest BCUT2D eigenvalue weighted by Crippen LogP contribution is 2.26. The summed E-state index contributed by atoms with van der Waals surface area (Å²) in [6, 6.07) is 12.3. The van der Waals surface area contributed by atoms with E-state index < -0.39 is 0 Å². The van der Waals surface area contributed by atoms with Crippen molar-refractivity contribution >= 4 is 50.8 Å². The number of benzene rings is 2. The fourth-order valence-electron chi connectivity index (χ4n) is 3.29. The van der Waals surface area contributed by atoms with Gasteiger partial charge in [-0.1, -0.05) is 12.1 Å². The maximum Gasteiger partial charge on any atom is 0.257 e. The van der Waals surface area contributed by atoms with E-state index in [1.807, 2.05) is 24.0 Å². The highest BCUT2D eigenvalue weighted by molar-refractivity contribution is 9.10. The van der Waals surface area contributed by atoms with E-state index in [0.29, 0.717) is 33.6 Å². The van der Waals surface area contributed by atoms with Crippen molar-refractivity contribution in [2.75, 3.05) is 25.0 Å². The first kappa shape index (κ1) is 22.2. The molecule has 0 atom stereocenters. The average molecular weight is 490 g/mol. The SMILES string of the molecule is CCOc1ccc(C(=O)NC(=S)Nc2ccccc2C(=O)N2CCCCC2)cc1Br. The summed E-state index contributed by atoms with van der Waals surface area (Å²) in [7, 11) is 0. The minimum Gasteiger partial charge on any atom is -0.493 e. The van der Waals surface area contributed by atoms with E-state index in [2.05, 4.69) is 26.6 Å². The molecule has 6 nitrogen and oxygen atoms in total. The van der Waals surface area contributed by atoms with Crippen molar-refractivity contribution < 1.29 is 14.3 Å². The Hall–Kier alpha value is -2.45. The summed E-state index contributed by atoms with van der Waals surface area (Å²) in [6.07, 6.45) is 3.20. The van der Waals surface area contributed by atoms with Crippen LogP contribution in [0.25, 0.3) is 0 Å². The summed E-state index contributed by atoms with van der Waals surface area (Å²) in [4.78, 5) is 27.3. The van der Waals surface area contributed by atoms with Gasteiger partial charge in [-0.15, -0.1) is 0 Å². The Morgan fingerprint density at radius 1 is 1.13 bits per heavy atom. The van der Waals surface area contributed by atoms with Gasteiger partial charge in [0.1, 0.15) is 5.75 Å². The third-order valence-corrected chi connectivity index (χ3v) is 5.59. The zero-order valence-corrected chi connectivity index (χ0v) is 19.1. The molecular formula is C22H24BrN3O3S. The molecular weight excluding hydrogens is 466 g/mol. The number of nitrogens with zero attached hydrogens (tertiary/aromatic N) is 1. The quantitative estimate of drug-likeness (QED) is 0.600. The molecule has 2 N–H and O–H groups in total. The summed E-state index contributed by atoms with van der Waals surface area (Å²) in [5, 5.41) is 5.79. The van der Waals surface area contributed by atoms with Crippen LogP contribution in [-0.4, -0.2) is 41.5 Å². The van der Waals surface area contributed by atoms with Crippen molar-refractivity contribution in [3.63, 3.8) is 0 Å². The number of hydrogen-bond acceptors (Lipinski definition) is 4. The summed E-state index contributed by atoms with van der Waals surface area (Å²) in [5.41, 5.74) is 1.55. The van der Waals surface area contributed by atoms with Gasteiger partial charge in [-0.3, -0.25) is 14.9 Å². The highest BCUT2D eigenvalue weighted by Gasteiger charge is 2.21. The van der Waals surface area contributed by atoms with Gasteiger partial charge in [0.15, 0.2) is 5.11 Å². The molecule has 0 unspecified atom stereocenters. The zero-order valence-electron chi connectivity index (χ0n) is 16.7. The van der Waals surface area contributed by atoms with Crippen LogP contribution < -0.4 is 15.4 Å². The molecule has 2 aromatic carbocycles. The first-order valence-electron chi connectivity index (χ1n) is 9.92. The smallest absolute Gasteiger partial charge is 0.257 e. The van der Waals surface area contributed by atoms with Gasteiger partial charge in [0.25, 0.3) is 11.8 Å².